The Labute approximate surface area is 122 Å². The molecule has 0 atom stereocenters. The predicted octanol–water partition coefficient (Wildman–Crippen LogP) is 2.59. The summed E-state index contributed by atoms with van der Waals surface area (Å²) < 4.78 is 18.3. The van der Waals surface area contributed by atoms with Gasteiger partial charge < -0.3 is 15.4 Å². The summed E-state index contributed by atoms with van der Waals surface area (Å²) in [6.45, 7) is 0.344. The van der Waals surface area contributed by atoms with Crippen LogP contribution in [-0.2, 0) is 6.42 Å². The lowest BCUT2D eigenvalue weighted by Crippen LogP contribution is -2.30. The largest absolute Gasteiger partial charge is 0.481 e. The first-order chi connectivity index (χ1) is 10.2. The maximum Gasteiger partial charge on any atom is 0.319 e. The molecule has 110 valence electrons. The van der Waals surface area contributed by atoms with Crippen molar-refractivity contribution in [1.82, 2.24) is 10.3 Å². The fourth-order valence-corrected chi connectivity index (χ4v) is 1.76. The number of hydrogen-bond acceptors (Lipinski definition) is 3. The van der Waals surface area contributed by atoms with Gasteiger partial charge in [-0.3, -0.25) is 0 Å². The first kappa shape index (κ1) is 14.8. The number of ether oxygens (including phenoxy) is 1. The molecule has 0 bridgehead atoms. The van der Waals surface area contributed by atoms with Gasteiger partial charge in [0.15, 0.2) is 0 Å². The number of methoxy groups -OCH3 is 1. The Kier molecular flexibility index (Phi) is 5.09. The van der Waals surface area contributed by atoms with Crippen LogP contribution in [0, 0.1) is 5.82 Å². The SMILES string of the molecule is COc1ccc(NC(=O)NCCc2ccccc2F)cn1. The van der Waals surface area contributed by atoms with Gasteiger partial charge in [0.05, 0.1) is 19.0 Å². The molecule has 1 aromatic carbocycles. The Morgan fingerprint density at radius 2 is 2.10 bits per heavy atom. The number of halogens is 1. The maximum absolute atomic E-state index is 13.4. The zero-order valence-electron chi connectivity index (χ0n) is 11.6. The summed E-state index contributed by atoms with van der Waals surface area (Å²) in [4.78, 5) is 15.6. The molecule has 2 N–H and O–H groups in total. The van der Waals surface area contributed by atoms with E-state index in [1.807, 2.05) is 0 Å². The van der Waals surface area contributed by atoms with Crippen molar-refractivity contribution in [2.45, 2.75) is 6.42 Å². The van der Waals surface area contributed by atoms with Crippen molar-refractivity contribution in [3.8, 4) is 5.88 Å². The van der Waals surface area contributed by atoms with E-state index >= 15 is 0 Å². The van der Waals surface area contributed by atoms with Gasteiger partial charge in [0, 0.05) is 12.6 Å². The fourth-order valence-electron chi connectivity index (χ4n) is 1.76. The summed E-state index contributed by atoms with van der Waals surface area (Å²) in [6, 6.07) is 9.47. The molecule has 0 aliphatic heterocycles. The van der Waals surface area contributed by atoms with E-state index < -0.39 is 0 Å². The maximum atomic E-state index is 13.4. The Hall–Kier alpha value is -2.63. The van der Waals surface area contributed by atoms with Gasteiger partial charge in [-0.05, 0) is 24.1 Å². The van der Waals surface area contributed by atoms with Crippen LogP contribution in [0.25, 0.3) is 0 Å². The number of carbonyl (C=O) groups is 1. The van der Waals surface area contributed by atoms with Gasteiger partial charge >= 0.3 is 6.03 Å². The topological polar surface area (TPSA) is 63.2 Å². The standard InChI is InChI=1S/C15H16FN3O2/c1-21-14-7-6-12(10-18-14)19-15(20)17-9-8-11-4-2-3-5-13(11)16/h2-7,10H,8-9H2,1H3,(H2,17,19,20). The summed E-state index contributed by atoms with van der Waals surface area (Å²) in [5, 5.41) is 5.29. The van der Waals surface area contributed by atoms with Crippen LogP contribution in [0.4, 0.5) is 14.9 Å². The lowest BCUT2D eigenvalue weighted by Gasteiger charge is -2.08. The van der Waals surface area contributed by atoms with E-state index in [4.69, 9.17) is 4.74 Å². The van der Waals surface area contributed by atoms with Gasteiger partial charge in [0.1, 0.15) is 5.82 Å². The van der Waals surface area contributed by atoms with Gasteiger partial charge in [-0.15, -0.1) is 0 Å². The molecule has 0 aliphatic carbocycles. The molecule has 0 saturated carbocycles. The Morgan fingerprint density at radius 3 is 2.76 bits per heavy atom. The quantitative estimate of drug-likeness (QED) is 0.889. The van der Waals surface area contributed by atoms with Crippen molar-refractivity contribution >= 4 is 11.7 Å². The molecule has 0 saturated heterocycles. The van der Waals surface area contributed by atoms with Crippen LogP contribution in [0.5, 0.6) is 5.88 Å². The molecule has 2 rings (SSSR count). The number of anilines is 1. The van der Waals surface area contributed by atoms with Crippen LogP contribution < -0.4 is 15.4 Å². The molecule has 21 heavy (non-hydrogen) atoms. The number of pyridine rings is 1. The lowest BCUT2D eigenvalue weighted by atomic mass is 10.1. The number of aromatic nitrogens is 1. The third-order valence-electron chi connectivity index (χ3n) is 2.84. The highest BCUT2D eigenvalue weighted by Crippen LogP contribution is 2.10. The predicted molar refractivity (Wildman–Crippen MR) is 77.9 cm³/mol. The zero-order valence-corrected chi connectivity index (χ0v) is 11.6. The first-order valence-electron chi connectivity index (χ1n) is 6.47. The highest BCUT2D eigenvalue weighted by molar-refractivity contribution is 5.88. The summed E-state index contributed by atoms with van der Waals surface area (Å²) >= 11 is 0. The monoisotopic (exact) mass is 289 g/mol. The summed E-state index contributed by atoms with van der Waals surface area (Å²) in [5.74, 6) is 0.208. The van der Waals surface area contributed by atoms with Crippen LogP contribution in [-0.4, -0.2) is 24.7 Å². The van der Waals surface area contributed by atoms with Gasteiger partial charge in [-0.1, -0.05) is 18.2 Å². The third-order valence-corrected chi connectivity index (χ3v) is 2.84. The van der Waals surface area contributed by atoms with Crippen molar-refractivity contribution in [2.24, 2.45) is 0 Å². The van der Waals surface area contributed by atoms with Crippen molar-refractivity contribution in [1.29, 1.82) is 0 Å². The number of urea groups is 1. The number of nitrogens with one attached hydrogen (secondary N) is 2. The molecule has 0 unspecified atom stereocenters. The van der Waals surface area contributed by atoms with Gasteiger partial charge in [-0.2, -0.15) is 0 Å². The van der Waals surface area contributed by atoms with Crippen LogP contribution in [0.3, 0.4) is 0 Å². The second-order valence-electron chi connectivity index (χ2n) is 4.31. The molecular weight excluding hydrogens is 273 g/mol. The van der Waals surface area contributed by atoms with E-state index in [1.165, 1.54) is 19.4 Å². The third kappa shape index (κ3) is 4.45. The molecule has 0 radical (unpaired) electrons. The highest BCUT2D eigenvalue weighted by Gasteiger charge is 2.04. The minimum Gasteiger partial charge on any atom is -0.481 e. The second kappa shape index (κ2) is 7.23. The molecule has 6 heteroatoms. The van der Waals surface area contributed by atoms with E-state index in [2.05, 4.69) is 15.6 Å². The van der Waals surface area contributed by atoms with E-state index in [1.54, 1.807) is 30.3 Å². The number of benzene rings is 1. The van der Waals surface area contributed by atoms with Crippen LogP contribution in [0.2, 0.25) is 0 Å². The van der Waals surface area contributed by atoms with Crippen LogP contribution in [0.1, 0.15) is 5.56 Å². The van der Waals surface area contributed by atoms with E-state index in [0.29, 0.717) is 30.1 Å². The van der Waals surface area contributed by atoms with Crippen molar-refractivity contribution in [3.05, 3.63) is 54.0 Å². The Bertz CT molecular complexity index is 602. The number of nitrogens with zero attached hydrogens (tertiary/aromatic N) is 1. The first-order valence-corrected chi connectivity index (χ1v) is 6.47. The molecule has 2 amide bonds. The van der Waals surface area contributed by atoms with E-state index in [9.17, 15) is 9.18 Å². The van der Waals surface area contributed by atoms with E-state index in [0.717, 1.165) is 0 Å². The molecule has 2 aromatic rings. The molecule has 0 aliphatic rings. The Balaban J connectivity index is 1.78. The molecular formula is C15H16FN3O2. The smallest absolute Gasteiger partial charge is 0.319 e. The molecule has 5 nitrogen and oxygen atoms in total. The Morgan fingerprint density at radius 1 is 1.29 bits per heavy atom. The fraction of sp³-hybridized carbons (Fsp3) is 0.200. The molecule has 1 aromatic heterocycles. The number of amides is 2. The molecule has 0 spiro atoms. The van der Waals surface area contributed by atoms with Crippen molar-refractivity contribution in [3.63, 3.8) is 0 Å². The average molecular weight is 289 g/mol. The summed E-state index contributed by atoms with van der Waals surface area (Å²) in [5.41, 5.74) is 1.13. The van der Waals surface area contributed by atoms with Crippen molar-refractivity contribution < 1.29 is 13.9 Å². The molecule has 0 fully saturated rings. The average Bonchev–Trinajstić information content (AvgIpc) is 2.50. The lowest BCUT2D eigenvalue weighted by molar-refractivity contribution is 0.252. The number of hydrogen-bond donors (Lipinski definition) is 2. The minimum atomic E-state index is -0.363. The summed E-state index contributed by atoms with van der Waals surface area (Å²) in [7, 11) is 1.52. The van der Waals surface area contributed by atoms with Crippen LogP contribution >= 0.6 is 0 Å². The number of rotatable bonds is 5. The second-order valence-corrected chi connectivity index (χ2v) is 4.31. The van der Waals surface area contributed by atoms with Crippen molar-refractivity contribution in [2.75, 3.05) is 19.0 Å². The minimum absolute atomic E-state index is 0.265. The number of carbonyl (C=O) groups excluding carboxylic acids is 1. The molecule has 1 heterocycles. The normalized spacial score (nSPS) is 10.0. The van der Waals surface area contributed by atoms with E-state index in [-0.39, 0.29) is 11.8 Å². The highest BCUT2D eigenvalue weighted by atomic mass is 19.1. The van der Waals surface area contributed by atoms with Gasteiger partial charge in [-0.25, -0.2) is 14.2 Å². The zero-order chi connectivity index (χ0) is 15.1. The summed E-state index contributed by atoms with van der Waals surface area (Å²) in [6.07, 6.45) is 1.93. The van der Waals surface area contributed by atoms with Gasteiger partial charge in [0.2, 0.25) is 5.88 Å². The van der Waals surface area contributed by atoms with Crippen LogP contribution in [0.15, 0.2) is 42.6 Å². The van der Waals surface area contributed by atoms with Gasteiger partial charge in [0.25, 0.3) is 0 Å².